The summed E-state index contributed by atoms with van der Waals surface area (Å²) in [5, 5.41) is 56.7. The molecule has 0 aliphatic heterocycles. The molecular weight excluding hydrogens is 858 g/mol. The van der Waals surface area contributed by atoms with Crippen molar-refractivity contribution in [3.63, 3.8) is 0 Å². The van der Waals surface area contributed by atoms with Crippen molar-refractivity contribution in [1.82, 2.24) is 0 Å². The maximum Gasteiger partial charge on any atom is 1.00 e. The number of nitro benzene ring substituents is 2. The molecule has 0 bridgehead atoms. The average Bonchev–Trinajstić information content (AvgIpc) is 3.13. The quantitative estimate of drug-likeness (QED) is 0.0286. The normalized spacial score (nSPS) is 12.7. The van der Waals surface area contributed by atoms with Crippen molar-refractivity contribution >= 4 is 64.5 Å². The summed E-state index contributed by atoms with van der Waals surface area (Å²) in [5.74, 6) is -4.08. The van der Waals surface area contributed by atoms with E-state index in [1.165, 1.54) is 53.9 Å². The minimum Gasteiger partial charge on any atom is -0.635 e. The zero-order valence-corrected chi connectivity index (χ0v) is 36.0. The van der Waals surface area contributed by atoms with Crippen LogP contribution < -0.4 is 73.8 Å². The van der Waals surface area contributed by atoms with Crippen LogP contribution in [0.2, 0.25) is 0 Å². The fraction of sp³-hybridized carbons (Fsp3) is 0.300. The number of nitro groups is 2. The molecule has 0 fully saturated rings. The molecule has 0 radical (unpaired) electrons. The van der Waals surface area contributed by atoms with Gasteiger partial charge in [0.2, 0.25) is 0 Å². The predicted molar refractivity (Wildman–Crippen MR) is 200 cm³/mol. The van der Waals surface area contributed by atoms with Crippen molar-refractivity contribution in [2.24, 2.45) is 22.5 Å². The minimum absolute atomic E-state index is 0. The number of aliphatic carboxylic acids is 3. The van der Waals surface area contributed by atoms with Crippen molar-refractivity contribution in [1.29, 1.82) is 0 Å². The summed E-state index contributed by atoms with van der Waals surface area (Å²) < 4.78 is 31.6. The van der Waals surface area contributed by atoms with E-state index in [1.54, 1.807) is 13.8 Å². The molecule has 57 heavy (non-hydrogen) atoms. The van der Waals surface area contributed by atoms with Gasteiger partial charge in [0.15, 0.2) is 0 Å². The molecule has 6 atom stereocenters. The molecule has 3 aromatic rings. The number of nitrogens with two attached hydrogens (primary N) is 3. The smallest absolute Gasteiger partial charge is 0.635 e. The van der Waals surface area contributed by atoms with Gasteiger partial charge in [0, 0.05) is 42.0 Å². The van der Waals surface area contributed by atoms with Gasteiger partial charge in [-0.15, -0.1) is 29.7 Å². The molecule has 0 spiro atoms. The maximum atomic E-state index is 10.7. The Morgan fingerprint density at radius 3 is 1.02 bits per heavy atom. The fourth-order valence-corrected chi connectivity index (χ4v) is 3.82. The van der Waals surface area contributed by atoms with Crippen LogP contribution in [0.5, 0.6) is 0 Å². The molecule has 0 aromatic heterocycles. The summed E-state index contributed by atoms with van der Waals surface area (Å²) in [6, 6.07) is 18.0. The Balaban J connectivity index is -0.000000210. The first-order chi connectivity index (χ1) is 24.9. The Kier molecular flexibility index (Phi) is 35.2. The maximum absolute atomic E-state index is 10.7. The molecule has 0 saturated heterocycles. The number of carbonyl (C=O) groups is 3. The van der Waals surface area contributed by atoms with E-state index in [2.05, 4.69) is 4.99 Å². The van der Waals surface area contributed by atoms with E-state index >= 15 is 0 Å². The third kappa shape index (κ3) is 27.5. The average molecular weight is 900 g/mol. The molecule has 0 unspecified atom stereocenters. The summed E-state index contributed by atoms with van der Waals surface area (Å²) in [5.41, 5.74) is 18.6. The first-order valence-corrected chi connectivity index (χ1v) is 16.1. The van der Waals surface area contributed by atoms with Crippen molar-refractivity contribution in [2.45, 2.75) is 56.7 Å². The van der Waals surface area contributed by atoms with Crippen molar-refractivity contribution < 1.29 is 119 Å². The molecule has 0 aliphatic rings. The van der Waals surface area contributed by atoms with Crippen LogP contribution in [0, 0.1) is 25.1 Å². The van der Waals surface area contributed by atoms with E-state index in [-0.39, 0.29) is 93.5 Å². The zero-order valence-electron chi connectivity index (χ0n) is 30.4. The van der Waals surface area contributed by atoms with E-state index in [0.717, 1.165) is 5.56 Å². The van der Waals surface area contributed by atoms with Crippen LogP contribution in [0.3, 0.4) is 0 Å². The van der Waals surface area contributed by atoms with Gasteiger partial charge in [-0.3, -0.25) is 43.7 Å². The number of carboxylic acid groups (broad SMARTS) is 3. The van der Waals surface area contributed by atoms with Gasteiger partial charge in [-0.25, -0.2) is 0 Å². The first kappa shape index (κ1) is 62.4. The van der Waals surface area contributed by atoms with Gasteiger partial charge in [0.25, 0.3) is 11.4 Å². The summed E-state index contributed by atoms with van der Waals surface area (Å²) in [4.78, 5) is 62.5. The van der Waals surface area contributed by atoms with E-state index in [4.69, 9.17) is 60.2 Å². The SMILES string of the molecule is C[C@@H](c1ccc([N+](=O)[O-])cc1)[C@@H](N)C(=O)O.C[C@@H](c1ccccc1)[C@@H](N)C(=O)O.C[C@H](c1ccc([N+](=O)[O-])cc1)[C@H](N)C(=O)O.Cl.Cl.O=NO[O-].O=S(=O)(O)O.[K+]. The number of hydrogen-bond acceptors (Lipinski definition) is 16. The van der Waals surface area contributed by atoms with Gasteiger partial charge in [-0.1, -0.05) is 75.4 Å². The second-order valence-electron chi connectivity index (χ2n) is 10.7. The molecule has 314 valence electrons. The molecule has 0 saturated carbocycles. The number of rotatable bonds is 12. The first-order valence-electron chi connectivity index (χ1n) is 14.7. The van der Waals surface area contributed by atoms with E-state index in [9.17, 15) is 34.6 Å². The Labute approximate surface area is 379 Å². The van der Waals surface area contributed by atoms with E-state index in [0.29, 0.717) is 11.1 Å². The van der Waals surface area contributed by atoms with E-state index in [1.807, 2.05) is 37.3 Å². The van der Waals surface area contributed by atoms with Crippen LogP contribution in [0.15, 0.2) is 84.2 Å². The van der Waals surface area contributed by atoms with E-state index < -0.39 is 68.1 Å². The van der Waals surface area contributed by atoms with Gasteiger partial charge in [0.1, 0.15) is 23.5 Å². The minimum atomic E-state index is -4.67. The molecule has 3 aromatic carbocycles. The fourth-order valence-electron chi connectivity index (χ4n) is 3.82. The summed E-state index contributed by atoms with van der Waals surface area (Å²) in [6.45, 7) is 5.15. The monoisotopic (exact) mass is 898 g/mol. The number of benzene rings is 3. The number of hydrogen-bond donors (Lipinski definition) is 8. The molecular formula is C30H41Cl2KN6O17S. The molecule has 0 amide bonds. The number of nitrogens with zero attached hydrogens (tertiary/aromatic N) is 3. The topological polar surface area (TPSA) is 413 Å². The second kappa shape index (κ2) is 32.2. The van der Waals surface area contributed by atoms with Crippen LogP contribution in [-0.2, 0) is 29.8 Å². The Hall–Kier alpha value is -3.80. The third-order valence-corrected chi connectivity index (χ3v) is 7.09. The summed E-state index contributed by atoms with van der Waals surface area (Å²) in [7, 11) is -4.67. The summed E-state index contributed by atoms with van der Waals surface area (Å²) in [6.07, 6.45) is 0. The van der Waals surface area contributed by atoms with Gasteiger partial charge in [0.05, 0.1) is 9.85 Å². The Morgan fingerprint density at radius 1 is 0.632 bits per heavy atom. The van der Waals surface area contributed by atoms with Gasteiger partial charge >= 0.3 is 79.7 Å². The third-order valence-electron chi connectivity index (χ3n) is 7.09. The second-order valence-corrected chi connectivity index (χ2v) is 11.6. The molecule has 11 N–H and O–H groups in total. The molecule has 0 heterocycles. The van der Waals surface area contributed by atoms with Gasteiger partial charge < -0.3 is 42.8 Å². The van der Waals surface area contributed by atoms with Crippen LogP contribution in [0.1, 0.15) is 55.2 Å². The van der Waals surface area contributed by atoms with Crippen molar-refractivity contribution in [2.75, 3.05) is 0 Å². The number of non-ortho nitro benzene ring substituents is 2. The summed E-state index contributed by atoms with van der Waals surface area (Å²) >= 11 is 0. The molecule has 23 nitrogen and oxygen atoms in total. The van der Waals surface area contributed by atoms with Crippen LogP contribution >= 0.6 is 24.8 Å². The Morgan fingerprint density at radius 2 is 0.842 bits per heavy atom. The molecule has 0 aliphatic carbocycles. The van der Waals surface area contributed by atoms with Gasteiger partial charge in [-0.2, -0.15) is 8.42 Å². The largest absolute Gasteiger partial charge is 1.00 e. The van der Waals surface area contributed by atoms with Crippen LogP contribution in [-0.4, -0.2) is 78.7 Å². The van der Waals surface area contributed by atoms with Crippen LogP contribution in [0.25, 0.3) is 0 Å². The molecule has 3 rings (SSSR count). The van der Waals surface area contributed by atoms with Crippen molar-refractivity contribution in [3.05, 3.63) is 121 Å². The van der Waals surface area contributed by atoms with Crippen molar-refractivity contribution in [3.8, 4) is 0 Å². The molecule has 27 heteroatoms. The number of carboxylic acids is 3. The van der Waals surface area contributed by atoms with Crippen LogP contribution in [0.4, 0.5) is 11.4 Å². The standard InChI is InChI=1S/2C10H12N2O4.C10H13NO2.2ClH.K.HNO3.H2O4S/c2*1-6(9(11)10(13)14)7-2-4-8(5-3-7)12(15)16;1-7(9(11)10(12)13)8-5-3-2-4-6-8;;;;2-1-4-3;1-5(2,3)4/h2*2-6,9H,11H2,1H3,(H,13,14);2-7,9H,11H2,1H3,(H,12,13);2*1H;;3H;(H2,1,2,3,4)/q;;;;;+1;;/p-1/t2*6-,9+;7-,9+;;;;;/m100...../s1. The van der Waals surface area contributed by atoms with Gasteiger partial charge in [-0.05, 0) is 16.7 Å². The Bertz CT molecular complexity index is 1680. The zero-order chi connectivity index (χ0) is 42.3. The number of halogens is 2. The predicted octanol–water partition coefficient (Wildman–Crippen LogP) is -0.423.